The number of nitrogens with one attached hydrogen (secondary N) is 1. The molecule has 0 bridgehead atoms. The average molecular weight is 301 g/mol. The molecule has 21 heavy (non-hydrogen) atoms. The highest BCUT2D eigenvalue weighted by molar-refractivity contribution is 5.35. The number of hydrogen-bond donors (Lipinski definition) is 1. The van der Waals surface area contributed by atoms with Crippen LogP contribution in [0.1, 0.15) is 24.1 Å². The van der Waals surface area contributed by atoms with Gasteiger partial charge in [-0.05, 0) is 24.7 Å². The third kappa shape index (κ3) is 2.90. The van der Waals surface area contributed by atoms with E-state index in [0.29, 0.717) is 0 Å². The van der Waals surface area contributed by atoms with Gasteiger partial charge in [0.15, 0.2) is 17.5 Å². The monoisotopic (exact) mass is 301 g/mol. The van der Waals surface area contributed by atoms with Crippen molar-refractivity contribution in [3.05, 3.63) is 70.5 Å². The summed E-state index contributed by atoms with van der Waals surface area (Å²) in [6.07, 6.45) is 0. The van der Waals surface area contributed by atoms with Crippen LogP contribution in [0, 0.1) is 29.1 Å². The SMILES string of the molecule is CCNC(c1ccc(F)c(F)c1F)c1c(F)cccc1F. The van der Waals surface area contributed by atoms with Crippen LogP contribution < -0.4 is 5.32 Å². The minimum Gasteiger partial charge on any atom is -0.306 e. The van der Waals surface area contributed by atoms with E-state index in [4.69, 9.17) is 0 Å². The van der Waals surface area contributed by atoms with E-state index in [0.717, 1.165) is 24.3 Å². The molecular weight excluding hydrogens is 289 g/mol. The maximum atomic E-state index is 13.9. The average Bonchev–Trinajstić information content (AvgIpc) is 2.44. The van der Waals surface area contributed by atoms with Crippen LogP contribution in [0.5, 0.6) is 0 Å². The Hall–Kier alpha value is -1.95. The minimum absolute atomic E-state index is 0.247. The Morgan fingerprint density at radius 3 is 2.05 bits per heavy atom. The van der Waals surface area contributed by atoms with Crippen LogP contribution >= 0.6 is 0 Å². The molecular formula is C15H12F5N. The first-order valence-corrected chi connectivity index (χ1v) is 6.28. The second-order valence-electron chi connectivity index (χ2n) is 4.39. The van der Waals surface area contributed by atoms with Crippen molar-refractivity contribution >= 4 is 0 Å². The van der Waals surface area contributed by atoms with Crippen molar-refractivity contribution in [3.63, 3.8) is 0 Å². The van der Waals surface area contributed by atoms with Crippen molar-refractivity contribution in [2.45, 2.75) is 13.0 Å². The highest BCUT2D eigenvalue weighted by Gasteiger charge is 2.26. The van der Waals surface area contributed by atoms with Gasteiger partial charge in [0.25, 0.3) is 0 Å². The van der Waals surface area contributed by atoms with Gasteiger partial charge in [-0.1, -0.05) is 19.1 Å². The van der Waals surface area contributed by atoms with E-state index < -0.39 is 40.7 Å². The van der Waals surface area contributed by atoms with Crippen LogP contribution in [0.4, 0.5) is 22.0 Å². The standard InChI is InChI=1S/C15H12F5N/c1-2-21-15(12-9(16)4-3-5-10(12)17)8-6-7-11(18)14(20)13(8)19/h3-7,15,21H,2H2,1H3. The van der Waals surface area contributed by atoms with Crippen LogP contribution in [-0.2, 0) is 0 Å². The zero-order valence-corrected chi connectivity index (χ0v) is 11.1. The van der Waals surface area contributed by atoms with E-state index >= 15 is 0 Å². The normalized spacial score (nSPS) is 12.5. The molecule has 0 radical (unpaired) electrons. The van der Waals surface area contributed by atoms with E-state index in [1.54, 1.807) is 6.92 Å². The van der Waals surface area contributed by atoms with Crippen molar-refractivity contribution in [2.24, 2.45) is 0 Å². The highest BCUT2D eigenvalue weighted by atomic mass is 19.2. The maximum absolute atomic E-state index is 13.9. The van der Waals surface area contributed by atoms with E-state index in [9.17, 15) is 22.0 Å². The summed E-state index contributed by atoms with van der Waals surface area (Å²) in [5, 5.41) is 2.68. The Labute approximate surface area is 118 Å². The third-order valence-corrected chi connectivity index (χ3v) is 3.07. The van der Waals surface area contributed by atoms with Gasteiger partial charge in [0.05, 0.1) is 6.04 Å². The molecule has 1 nitrogen and oxygen atoms in total. The molecule has 2 aromatic carbocycles. The van der Waals surface area contributed by atoms with Gasteiger partial charge < -0.3 is 5.32 Å². The summed E-state index contributed by atoms with van der Waals surface area (Å²) in [6.45, 7) is 1.89. The lowest BCUT2D eigenvalue weighted by atomic mass is 9.96. The molecule has 0 aliphatic heterocycles. The predicted molar refractivity (Wildman–Crippen MR) is 68.2 cm³/mol. The molecule has 0 amide bonds. The molecule has 0 aliphatic carbocycles. The van der Waals surface area contributed by atoms with Gasteiger partial charge in [-0.15, -0.1) is 0 Å². The van der Waals surface area contributed by atoms with Crippen molar-refractivity contribution in [2.75, 3.05) is 6.54 Å². The molecule has 0 heterocycles. The second kappa shape index (κ2) is 6.22. The second-order valence-corrected chi connectivity index (χ2v) is 4.39. The van der Waals surface area contributed by atoms with Crippen molar-refractivity contribution < 1.29 is 22.0 Å². The van der Waals surface area contributed by atoms with Gasteiger partial charge in [-0.3, -0.25) is 0 Å². The van der Waals surface area contributed by atoms with E-state index in [1.165, 1.54) is 6.07 Å². The molecule has 2 aromatic rings. The minimum atomic E-state index is -1.67. The quantitative estimate of drug-likeness (QED) is 0.663. The molecule has 2 rings (SSSR count). The lowest BCUT2D eigenvalue weighted by Crippen LogP contribution is -2.25. The lowest BCUT2D eigenvalue weighted by Gasteiger charge is -2.21. The van der Waals surface area contributed by atoms with Crippen LogP contribution in [0.15, 0.2) is 30.3 Å². The van der Waals surface area contributed by atoms with Crippen LogP contribution in [0.3, 0.4) is 0 Å². The summed E-state index contributed by atoms with van der Waals surface area (Å²) in [4.78, 5) is 0. The molecule has 1 N–H and O–H groups in total. The third-order valence-electron chi connectivity index (χ3n) is 3.07. The van der Waals surface area contributed by atoms with Crippen molar-refractivity contribution in [1.82, 2.24) is 5.32 Å². The summed E-state index contributed by atoms with van der Waals surface area (Å²) in [6, 6.07) is 3.62. The van der Waals surface area contributed by atoms with Crippen molar-refractivity contribution in [1.29, 1.82) is 0 Å². The summed E-state index contributed by atoms with van der Waals surface area (Å²) in [5.41, 5.74) is -0.802. The molecule has 0 aromatic heterocycles. The van der Waals surface area contributed by atoms with E-state index in [2.05, 4.69) is 5.32 Å². The zero-order valence-electron chi connectivity index (χ0n) is 11.1. The summed E-state index contributed by atoms with van der Waals surface area (Å²) < 4.78 is 67.9. The van der Waals surface area contributed by atoms with Crippen molar-refractivity contribution in [3.8, 4) is 0 Å². The number of benzene rings is 2. The van der Waals surface area contributed by atoms with Gasteiger partial charge in [0.2, 0.25) is 0 Å². The van der Waals surface area contributed by atoms with Gasteiger partial charge in [0.1, 0.15) is 11.6 Å². The van der Waals surface area contributed by atoms with Gasteiger partial charge in [-0.2, -0.15) is 0 Å². The highest BCUT2D eigenvalue weighted by Crippen LogP contribution is 2.30. The van der Waals surface area contributed by atoms with Gasteiger partial charge >= 0.3 is 0 Å². The molecule has 1 atom stereocenters. The molecule has 0 saturated heterocycles. The zero-order chi connectivity index (χ0) is 15.6. The Morgan fingerprint density at radius 2 is 1.48 bits per heavy atom. The molecule has 6 heteroatoms. The molecule has 0 saturated carbocycles. The Kier molecular flexibility index (Phi) is 4.57. The van der Waals surface area contributed by atoms with E-state index in [1.807, 2.05) is 0 Å². The largest absolute Gasteiger partial charge is 0.306 e. The first kappa shape index (κ1) is 15.4. The fourth-order valence-corrected chi connectivity index (χ4v) is 2.12. The number of halogens is 5. The fraction of sp³-hybridized carbons (Fsp3) is 0.200. The summed E-state index contributed by atoms with van der Waals surface area (Å²) in [7, 11) is 0. The summed E-state index contributed by atoms with van der Waals surface area (Å²) >= 11 is 0. The number of hydrogen-bond acceptors (Lipinski definition) is 1. The predicted octanol–water partition coefficient (Wildman–Crippen LogP) is 4.08. The molecule has 1 unspecified atom stereocenters. The Balaban J connectivity index is 2.62. The first-order chi connectivity index (χ1) is 9.97. The van der Waals surface area contributed by atoms with Crippen LogP contribution in [0.25, 0.3) is 0 Å². The van der Waals surface area contributed by atoms with Crippen LogP contribution in [0.2, 0.25) is 0 Å². The number of rotatable bonds is 4. The summed E-state index contributed by atoms with van der Waals surface area (Å²) in [5.74, 6) is -6.30. The van der Waals surface area contributed by atoms with Gasteiger partial charge in [0, 0.05) is 11.1 Å². The molecule has 0 aliphatic rings. The fourth-order valence-electron chi connectivity index (χ4n) is 2.12. The smallest absolute Gasteiger partial charge is 0.194 e. The maximum Gasteiger partial charge on any atom is 0.194 e. The first-order valence-electron chi connectivity index (χ1n) is 6.28. The Bertz CT molecular complexity index is 637. The Morgan fingerprint density at radius 1 is 0.857 bits per heavy atom. The van der Waals surface area contributed by atoms with E-state index in [-0.39, 0.29) is 12.1 Å². The molecule has 112 valence electrons. The van der Waals surface area contributed by atoms with Gasteiger partial charge in [-0.25, -0.2) is 22.0 Å². The molecule has 0 fully saturated rings. The molecule has 0 spiro atoms. The topological polar surface area (TPSA) is 12.0 Å². The lowest BCUT2D eigenvalue weighted by molar-refractivity contribution is 0.428. The van der Waals surface area contributed by atoms with Crippen LogP contribution in [-0.4, -0.2) is 6.54 Å².